The Hall–Kier alpha value is -1.62. The number of nitrogens with zero attached hydrogens (tertiary/aromatic N) is 2. The maximum absolute atomic E-state index is 5.54. The summed E-state index contributed by atoms with van der Waals surface area (Å²) >= 11 is 1.81. The molecule has 0 saturated heterocycles. The van der Waals surface area contributed by atoms with E-state index in [2.05, 4.69) is 35.2 Å². The SMILES string of the molecule is Cc1cc(CNc2cc(OC(C)C)ncn2)sc1C. The monoisotopic (exact) mass is 277 g/mol. The van der Waals surface area contributed by atoms with Crippen LogP contribution in [-0.2, 0) is 6.54 Å². The van der Waals surface area contributed by atoms with E-state index in [0.717, 1.165) is 12.4 Å². The van der Waals surface area contributed by atoms with Crippen LogP contribution in [0.2, 0.25) is 0 Å². The lowest BCUT2D eigenvalue weighted by molar-refractivity contribution is 0.232. The second kappa shape index (κ2) is 6.02. The van der Waals surface area contributed by atoms with Gasteiger partial charge in [0, 0.05) is 15.8 Å². The molecule has 0 aromatic carbocycles. The average Bonchev–Trinajstić information content (AvgIpc) is 2.66. The summed E-state index contributed by atoms with van der Waals surface area (Å²) in [7, 11) is 0. The van der Waals surface area contributed by atoms with Gasteiger partial charge in [-0.2, -0.15) is 0 Å². The zero-order valence-corrected chi connectivity index (χ0v) is 12.5. The van der Waals surface area contributed by atoms with Crippen LogP contribution in [0.1, 0.15) is 29.2 Å². The van der Waals surface area contributed by atoms with Crippen LogP contribution in [0.5, 0.6) is 5.88 Å². The quantitative estimate of drug-likeness (QED) is 0.908. The second-order valence-corrected chi connectivity index (χ2v) is 6.05. The van der Waals surface area contributed by atoms with Crippen LogP contribution < -0.4 is 10.1 Å². The van der Waals surface area contributed by atoms with Crippen molar-refractivity contribution in [3.8, 4) is 5.88 Å². The molecule has 0 unspecified atom stereocenters. The fraction of sp³-hybridized carbons (Fsp3) is 0.429. The minimum absolute atomic E-state index is 0.116. The normalized spacial score (nSPS) is 10.8. The summed E-state index contributed by atoms with van der Waals surface area (Å²) in [6.45, 7) is 9.01. The molecule has 0 spiro atoms. The van der Waals surface area contributed by atoms with E-state index in [1.807, 2.05) is 31.3 Å². The number of hydrogen-bond donors (Lipinski definition) is 1. The molecular formula is C14H19N3OS. The molecule has 2 aromatic heterocycles. The maximum Gasteiger partial charge on any atom is 0.218 e. The fourth-order valence-electron chi connectivity index (χ4n) is 1.66. The summed E-state index contributed by atoms with van der Waals surface area (Å²) in [6, 6.07) is 4.03. The van der Waals surface area contributed by atoms with E-state index in [4.69, 9.17) is 4.74 Å². The number of aromatic nitrogens is 2. The molecule has 1 N–H and O–H groups in total. The minimum atomic E-state index is 0.116. The predicted octanol–water partition coefficient (Wildman–Crippen LogP) is 3.55. The Morgan fingerprint density at radius 3 is 2.68 bits per heavy atom. The third kappa shape index (κ3) is 3.92. The van der Waals surface area contributed by atoms with Gasteiger partial charge in [0.15, 0.2) is 0 Å². The van der Waals surface area contributed by atoms with Crippen molar-refractivity contribution in [3.05, 3.63) is 33.8 Å². The number of ether oxygens (including phenoxy) is 1. The van der Waals surface area contributed by atoms with Crippen molar-refractivity contribution in [2.24, 2.45) is 0 Å². The highest BCUT2D eigenvalue weighted by molar-refractivity contribution is 7.12. The average molecular weight is 277 g/mol. The Morgan fingerprint density at radius 1 is 1.26 bits per heavy atom. The van der Waals surface area contributed by atoms with E-state index in [1.165, 1.54) is 21.6 Å². The maximum atomic E-state index is 5.54. The van der Waals surface area contributed by atoms with E-state index < -0.39 is 0 Å². The van der Waals surface area contributed by atoms with Crippen molar-refractivity contribution in [3.63, 3.8) is 0 Å². The standard InChI is InChI=1S/C14H19N3OS/c1-9(2)18-14-6-13(16-8-17-14)15-7-12-5-10(3)11(4)19-12/h5-6,8-9H,7H2,1-4H3,(H,15,16,17). The molecule has 4 nitrogen and oxygen atoms in total. The van der Waals surface area contributed by atoms with Gasteiger partial charge in [0.05, 0.1) is 12.6 Å². The van der Waals surface area contributed by atoms with Crippen molar-refractivity contribution < 1.29 is 4.74 Å². The Morgan fingerprint density at radius 2 is 2.05 bits per heavy atom. The van der Waals surface area contributed by atoms with Gasteiger partial charge in [-0.05, 0) is 39.3 Å². The molecule has 2 aromatic rings. The fourth-order valence-corrected chi connectivity index (χ4v) is 2.65. The molecule has 0 aliphatic carbocycles. The summed E-state index contributed by atoms with van der Waals surface area (Å²) < 4.78 is 5.54. The van der Waals surface area contributed by atoms with Crippen LogP contribution in [0.25, 0.3) is 0 Å². The highest BCUT2D eigenvalue weighted by Crippen LogP contribution is 2.21. The molecule has 0 bridgehead atoms. The van der Waals surface area contributed by atoms with Crippen molar-refractivity contribution in [2.45, 2.75) is 40.3 Å². The van der Waals surface area contributed by atoms with Crippen LogP contribution in [0.4, 0.5) is 5.82 Å². The predicted molar refractivity (Wildman–Crippen MR) is 78.9 cm³/mol. The van der Waals surface area contributed by atoms with Gasteiger partial charge in [-0.1, -0.05) is 0 Å². The van der Waals surface area contributed by atoms with Crippen LogP contribution in [0, 0.1) is 13.8 Å². The van der Waals surface area contributed by atoms with Crippen LogP contribution in [0.3, 0.4) is 0 Å². The zero-order valence-electron chi connectivity index (χ0n) is 11.7. The van der Waals surface area contributed by atoms with E-state index in [1.54, 1.807) is 0 Å². The van der Waals surface area contributed by atoms with Crippen molar-refractivity contribution >= 4 is 17.2 Å². The van der Waals surface area contributed by atoms with Gasteiger partial charge in [-0.25, -0.2) is 9.97 Å². The first-order chi connectivity index (χ1) is 9.04. The Balaban J connectivity index is 1.99. The Labute approximate surface area is 117 Å². The summed E-state index contributed by atoms with van der Waals surface area (Å²) in [4.78, 5) is 10.9. The summed E-state index contributed by atoms with van der Waals surface area (Å²) in [5.74, 6) is 1.39. The van der Waals surface area contributed by atoms with Gasteiger partial charge in [-0.3, -0.25) is 0 Å². The van der Waals surface area contributed by atoms with E-state index >= 15 is 0 Å². The lowest BCUT2D eigenvalue weighted by Gasteiger charge is -2.09. The van der Waals surface area contributed by atoms with Crippen molar-refractivity contribution in [1.29, 1.82) is 0 Å². The van der Waals surface area contributed by atoms with Crippen molar-refractivity contribution in [1.82, 2.24) is 9.97 Å². The first kappa shape index (κ1) is 13.8. The lowest BCUT2D eigenvalue weighted by atomic mass is 10.3. The van der Waals surface area contributed by atoms with E-state index in [9.17, 15) is 0 Å². The van der Waals surface area contributed by atoms with Crippen LogP contribution in [0.15, 0.2) is 18.5 Å². The molecule has 102 valence electrons. The smallest absolute Gasteiger partial charge is 0.218 e. The van der Waals surface area contributed by atoms with Gasteiger partial charge < -0.3 is 10.1 Å². The van der Waals surface area contributed by atoms with Gasteiger partial charge >= 0.3 is 0 Å². The third-order valence-electron chi connectivity index (χ3n) is 2.66. The molecular weight excluding hydrogens is 258 g/mol. The number of nitrogens with one attached hydrogen (secondary N) is 1. The molecule has 5 heteroatoms. The largest absolute Gasteiger partial charge is 0.475 e. The van der Waals surface area contributed by atoms with E-state index in [0.29, 0.717) is 5.88 Å². The van der Waals surface area contributed by atoms with Crippen molar-refractivity contribution in [2.75, 3.05) is 5.32 Å². The number of hydrogen-bond acceptors (Lipinski definition) is 5. The molecule has 0 saturated carbocycles. The third-order valence-corrected chi connectivity index (χ3v) is 3.81. The Bertz CT molecular complexity index is 532. The Kier molecular flexibility index (Phi) is 4.37. The highest BCUT2D eigenvalue weighted by Gasteiger charge is 2.04. The first-order valence-electron chi connectivity index (χ1n) is 6.33. The number of thiophene rings is 1. The molecule has 2 rings (SSSR count). The van der Waals surface area contributed by atoms with E-state index in [-0.39, 0.29) is 6.10 Å². The van der Waals surface area contributed by atoms with Gasteiger partial charge in [-0.15, -0.1) is 11.3 Å². The minimum Gasteiger partial charge on any atom is -0.475 e. The summed E-state index contributed by atoms with van der Waals surface area (Å²) in [5.41, 5.74) is 1.34. The summed E-state index contributed by atoms with van der Waals surface area (Å²) in [6.07, 6.45) is 1.63. The topological polar surface area (TPSA) is 47.0 Å². The van der Waals surface area contributed by atoms with Gasteiger partial charge in [0.2, 0.25) is 5.88 Å². The van der Waals surface area contributed by atoms with Gasteiger partial charge in [0.1, 0.15) is 12.1 Å². The molecule has 0 radical (unpaired) electrons. The second-order valence-electron chi connectivity index (χ2n) is 4.71. The molecule has 0 aliphatic heterocycles. The lowest BCUT2D eigenvalue weighted by Crippen LogP contribution is -2.08. The molecule has 0 fully saturated rings. The number of anilines is 1. The van der Waals surface area contributed by atoms with Crippen LogP contribution in [-0.4, -0.2) is 16.1 Å². The molecule has 0 amide bonds. The summed E-state index contributed by atoms with van der Waals surface area (Å²) in [5, 5.41) is 3.29. The molecule has 0 aliphatic rings. The van der Waals surface area contributed by atoms with Crippen LogP contribution >= 0.6 is 11.3 Å². The molecule has 0 atom stereocenters. The van der Waals surface area contributed by atoms with Gasteiger partial charge in [0.25, 0.3) is 0 Å². The molecule has 2 heterocycles. The number of aryl methyl sites for hydroxylation is 2. The highest BCUT2D eigenvalue weighted by atomic mass is 32.1. The first-order valence-corrected chi connectivity index (χ1v) is 7.14. The zero-order chi connectivity index (χ0) is 13.8. The number of rotatable bonds is 5. The molecule has 19 heavy (non-hydrogen) atoms.